The summed E-state index contributed by atoms with van der Waals surface area (Å²) < 4.78 is 45.1. The van der Waals surface area contributed by atoms with Crippen molar-refractivity contribution in [2.75, 3.05) is 11.5 Å². The molecule has 0 aromatic heterocycles. The Morgan fingerprint density at radius 3 is 2.36 bits per heavy atom. The molecule has 5 nitrogen and oxygen atoms in total. The molecule has 0 bridgehead atoms. The topological polar surface area (TPSA) is 63.7 Å². The van der Waals surface area contributed by atoms with Crippen molar-refractivity contribution in [1.29, 1.82) is 0 Å². The highest BCUT2D eigenvalue weighted by Crippen LogP contribution is 2.40. The molecule has 0 spiro atoms. The van der Waals surface area contributed by atoms with E-state index in [1.54, 1.807) is 13.8 Å². The van der Waals surface area contributed by atoms with E-state index in [-0.39, 0.29) is 28.9 Å². The largest absolute Gasteiger partial charge is 0.462 e. The maximum absolute atomic E-state index is 13.4. The van der Waals surface area contributed by atoms with Gasteiger partial charge in [0.05, 0.1) is 34.5 Å². The molecule has 1 heterocycles. The van der Waals surface area contributed by atoms with Gasteiger partial charge in [0, 0.05) is 0 Å². The summed E-state index contributed by atoms with van der Waals surface area (Å²) in [6.07, 6.45) is -4.74. The number of amides is 2. The molecular formula is C20H16F3NO4. The molecule has 146 valence electrons. The maximum atomic E-state index is 13.4. The molecule has 1 aliphatic rings. The summed E-state index contributed by atoms with van der Waals surface area (Å²) in [6.45, 7) is 4.79. The van der Waals surface area contributed by atoms with E-state index in [0.29, 0.717) is 10.5 Å². The SMILES string of the molecule is CCOC(=O)c1c(C)cc2c(c1C)C(=O)N(c1ccccc1C(F)(F)F)C2=O. The van der Waals surface area contributed by atoms with Gasteiger partial charge in [0.15, 0.2) is 0 Å². The van der Waals surface area contributed by atoms with Gasteiger partial charge in [0.25, 0.3) is 11.8 Å². The lowest BCUT2D eigenvalue weighted by Gasteiger charge is -2.19. The number of carbonyl (C=O) groups excluding carboxylic acids is 3. The maximum Gasteiger partial charge on any atom is 0.418 e. The second-order valence-corrected chi connectivity index (χ2v) is 6.30. The fourth-order valence-electron chi connectivity index (χ4n) is 3.40. The van der Waals surface area contributed by atoms with E-state index >= 15 is 0 Å². The lowest BCUT2D eigenvalue weighted by atomic mass is 9.94. The summed E-state index contributed by atoms with van der Waals surface area (Å²) in [6, 6.07) is 5.71. The quantitative estimate of drug-likeness (QED) is 0.578. The highest BCUT2D eigenvalue weighted by atomic mass is 19.4. The van der Waals surface area contributed by atoms with Gasteiger partial charge in [-0.15, -0.1) is 0 Å². The lowest BCUT2D eigenvalue weighted by molar-refractivity contribution is -0.137. The number of carbonyl (C=O) groups is 3. The number of para-hydroxylation sites is 1. The smallest absolute Gasteiger partial charge is 0.418 e. The number of nitrogens with zero attached hydrogens (tertiary/aromatic N) is 1. The Bertz CT molecular complexity index is 1010. The Kier molecular flexibility index (Phi) is 4.74. The van der Waals surface area contributed by atoms with Gasteiger partial charge in [-0.25, -0.2) is 9.69 Å². The van der Waals surface area contributed by atoms with Crippen molar-refractivity contribution >= 4 is 23.5 Å². The third-order valence-electron chi connectivity index (χ3n) is 4.55. The Balaban J connectivity index is 2.19. The van der Waals surface area contributed by atoms with E-state index in [9.17, 15) is 27.6 Å². The average Bonchev–Trinajstić information content (AvgIpc) is 2.85. The fourth-order valence-corrected chi connectivity index (χ4v) is 3.40. The molecule has 8 heteroatoms. The summed E-state index contributed by atoms with van der Waals surface area (Å²) in [5, 5.41) is 0. The van der Waals surface area contributed by atoms with Crippen molar-refractivity contribution in [3.8, 4) is 0 Å². The number of esters is 1. The van der Waals surface area contributed by atoms with Crippen molar-refractivity contribution < 1.29 is 32.3 Å². The van der Waals surface area contributed by atoms with E-state index in [1.807, 2.05) is 0 Å². The summed E-state index contributed by atoms with van der Waals surface area (Å²) >= 11 is 0. The zero-order valence-corrected chi connectivity index (χ0v) is 15.3. The molecule has 0 fully saturated rings. The molecule has 0 saturated heterocycles. The molecule has 2 aromatic rings. The van der Waals surface area contributed by atoms with E-state index in [4.69, 9.17) is 4.74 Å². The number of fused-ring (bicyclic) bond motifs is 1. The second kappa shape index (κ2) is 6.78. The minimum absolute atomic E-state index is 0.0370. The molecule has 0 aliphatic carbocycles. The molecule has 0 unspecified atom stereocenters. The number of aryl methyl sites for hydroxylation is 1. The second-order valence-electron chi connectivity index (χ2n) is 6.30. The van der Waals surface area contributed by atoms with Gasteiger partial charge in [-0.3, -0.25) is 9.59 Å². The number of hydrogen-bond donors (Lipinski definition) is 0. The van der Waals surface area contributed by atoms with Crippen molar-refractivity contribution in [2.24, 2.45) is 0 Å². The average molecular weight is 391 g/mol. The monoisotopic (exact) mass is 391 g/mol. The Labute approximate surface area is 158 Å². The van der Waals surface area contributed by atoms with Crippen LogP contribution in [0.5, 0.6) is 0 Å². The van der Waals surface area contributed by atoms with Gasteiger partial charge in [-0.1, -0.05) is 12.1 Å². The third-order valence-corrected chi connectivity index (χ3v) is 4.55. The van der Waals surface area contributed by atoms with Crippen LogP contribution in [0.2, 0.25) is 0 Å². The van der Waals surface area contributed by atoms with Gasteiger partial charge >= 0.3 is 12.1 Å². The summed E-state index contributed by atoms with van der Waals surface area (Å²) in [5.74, 6) is -2.42. The number of hydrogen-bond acceptors (Lipinski definition) is 4. The van der Waals surface area contributed by atoms with Crippen LogP contribution in [0.1, 0.15) is 54.7 Å². The van der Waals surface area contributed by atoms with Crippen LogP contribution in [0, 0.1) is 13.8 Å². The van der Waals surface area contributed by atoms with Gasteiger partial charge in [0.1, 0.15) is 0 Å². The van der Waals surface area contributed by atoms with Gasteiger partial charge in [-0.05, 0) is 50.1 Å². The first-order chi connectivity index (χ1) is 13.1. The molecule has 2 amide bonds. The molecule has 28 heavy (non-hydrogen) atoms. The summed E-state index contributed by atoms with van der Waals surface area (Å²) in [7, 11) is 0. The number of alkyl halides is 3. The molecule has 0 N–H and O–H groups in total. The predicted octanol–water partition coefficient (Wildman–Crippen LogP) is 4.30. The zero-order chi connectivity index (χ0) is 20.8. The molecule has 3 rings (SSSR count). The standard InChI is InChI=1S/C20H16F3NO4/c1-4-28-19(27)15-10(2)9-12-16(11(15)3)18(26)24(17(12)25)14-8-6-5-7-13(14)20(21,22)23/h5-9H,4H2,1-3H3. The summed E-state index contributed by atoms with van der Waals surface area (Å²) in [5.41, 5.74) is -1.02. The van der Waals surface area contributed by atoms with Crippen LogP contribution in [-0.2, 0) is 10.9 Å². The van der Waals surface area contributed by atoms with Crippen LogP contribution in [0.3, 0.4) is 0 Å². The fraction of sp³-hybridized carbons (Fsp3) is 0.250. The van der Waals surface area contributed by atoms with Crippen LogP contribution in [0.15, 0.2) is 30.3 Å². The third kappa shape index (κ3) is 2.94. The van der Waals surface area contributed by atoms with E-state index in [0.717, 1.165) is 12.1 Å². The molecule has 1 aliphatic heterocycles. The number of ether oxygens (including phenoxy) is 1. The highest BCUT2D eigenvalue weighted by molar-refractivity contribution is 6.35. The minimum Gasteiger partial charge on any atom is -0.462 e. The van der Waals surface area contributed by atoms with Crippen LogP contribution in [0.25, 0.3) is 0 Å². The van der Waals surface area contributed by atoms with E-state index in [1.165, 1.54) is 25.1 Å². The zero-order valence-electron chi connectivity index (χ0n) is 15.3. The Hall–Kier alpha value is -3.16. The van der Waals surface area contributed by atoms with Crippen LogP contribution < -0.4 is 4.90 Å². The highest BCUT2D eigenvalue weighted by Gasteiger charge is 2.44. The molecule has 0 radical (unpaired) electrons. The first kappa shape index (κ1) is 19.6. The Morgan fingerprint density at radius 2 is 1.75 bits per heavy atom. The normalized spacial score (nSPS) is 13.7. The number of anilines is 1. The summed E-state index contributed by atoms with van der Waals surface area (Å²) in [4.78, 5) is 38.5. The van der Waals surface area contributed by atoms with E-state index in [2.05, 4.69) is 0 Å². The first-order valence-corrected chi connectivity index (χ1v) is 8.45. The lowest BCUT2D eigenvalue weighted by Crippen LogP contribution is -2.31. The number of benzene rings is 2. The van der Waals surface area contributed by atoms with Crippen molar-refractivity contribution in [2.45, 2.75) is 26.9 Å². The van der Waals surface area contributed by atoms with E-state index < -0.39 is 35.2 Å². The first-order valence-electron chi connectivity index (χ1n) is 8.45. The minimum atomic E-state index is -4.74. The van der Waals surface area contributed by atoms with Gasteiger partial charge in [0.2, 0.25) is 0 Å². The predicted molar refractivity (Wildman–Crippen MR) is 94.5 cm³/mol. The van der Waals surface area contributed by atoms with Crippen molar-refractivity contribution in [1.82, 2.24) is 0 Å². The molecule has 2 aromatic carbocycles. The van der Waals surface area contributed by atoms with Crippen molar-refractivity contribution in [3.05, 3.63) is 63.7 Å². The van der Waals surface area contributed by atoms with Crippen molar-refractivity contribution in [3.63, 3.8) is 0 Å². The Morgan fingerprint density at radius 1 is 1.11 bits per heavy atom. The number of halogens is 3. The van der Waals surface area contributed by atoms with Crippen LogP contribution in [0.4, 0.5) is 18.9 Å². The van der Waals surface area contributed by atoms with Crippen LogP contribution >= 0.6 is 0 Å². The number of rotatable bonds is 3. The van der Waals surface area contributed by atoms with Gasteiger partial charge in [-0.2, -0.15) is 13.2 Å². The van der Waals surface area contributed by atoms with Gasteiger partial charge < -0.3 is 4.74 Å². The van der Waals surface area contributed by atoms with Crippen LogP contribution in [-0.4, -0.2) is 24.4 Å². The molecular weight excluding hydrogens is 375 g/mol. The molecule has 0 atom stereocenters. The number of imide groups is 1. The molecule has 0 saturated carbocycles.